The van der Waals surface area contributed by atoms with Crippen molar-refractivity contribution in [2.75, 3.05) is 13.6 Å². The molecule has 1 N–H and O–H groups in total. The van der Waals surface area contributed by atoms with Crippen LogP contribution >= 0.6 is 0 Å². The maximum absolute atomic E-state index is 11.8. The van der Waals surface area contributed by atoms with Crippen molar-refractivity contribution < 1.29 is 4.79 Å². The monoisotopic (exact) mass is 298 g/mol. The molecule has 2 aromatic rings. The summed E-state index contributed by atoms with van der Waals surface area (Å²) in [5, 5.41) is 7.10. The van der Waals surface area contributed by atoms with Gasteiger partial charge in [0.15, 0.2) is 0 Å². The Morgan fingerprint density at radius 3 is 3.05 bits per heavy atom. The van der Waals surface area contributed by atoms with Gasteiger partial charge < -0.3 is 5.32 Å². The molecule has 1 aromatic carbocycles. The number of amides is 1. The molecule has 1 aliphatic heterocycles. The second-order valence-corrected chi connectivity index (χ2v) is 5.96. The predicted octanol–water partition coefficient (Wildman–Crippen LogP) is 1.88. The van der Waals surface area contributed by atoms with Crippen LogP contribution in [0.2, 0.25) is 0 Å². The van der Waals surface area contributed by atoms with E-state index < -0.39 is 0 Å². The molecule has 5 heteroatoms. The third-order valence-electron chi connectivity index (χ3n) is 4.14. The number of nitrogens with zero attached hydrogens (tertiary/aromatic N) is 3. The predicted molar refractivity (Wildman–Crippen MR) is 85.2 cm³/mol. The average molecular weight is 298 g/mol. The zero-order chi connectivity index (χ0) is 15.5. The van der Waals surface area contributed by atoms with Crippen LogP contribution in [-0.4, -0.2) is 34.2 Å². The molecule has 1 atom stereocenters. The topological polar surface area (TPSA) is 50.2 Å². The molecule has 0 unspecified atom stereocenters. The number of hydrogen-bond donors (Lipinski definition) is 1. The Morgan fingerprint density at radius 1 is 1.41 bits per heavy atom. The van der Waals surface area contributed by atoms with E-state index in [1.54, 1.807) is 7.05 Å². The molecule has 1 aliphatic rings. The maximum Gasteiger partial charge on any atom is 0.221 e. The zero-order valence-corrected chi connectivity index (χ0v) is 13.1. The molecule has 3 rings (SSSR count). The third-order valence-corrected chi connectivity index (χ3v) is 4.14. The average Bonchev–Trinajstić information content (AvgIpc) is 2.95. The van der Waals surface area contributed by atoms with Crippen molar-refractivity contribution in [2.24, 2.45) is 0 Å². The van der Waals surface area contributed by atoms with Crippen molar-refractivity contribution >= 4 is 5.91 Å². The fraction of sp³-hybridized carbons (Fsp3) is 0.412. The van der Waals surface area contributed by atoms with Crippen molar-refractivity contribution in [3.05, 3.63) is 53.3 Å². The summed E-state index contributed by atoms with van der Waals surface area (Å²) < 4.78 is 2.00. The highest BCUT2D eigenvalue weighted by Crippen LogP contribution is 2.24. The van der Waals surface area contributed by atoms with Crippen molar-refractivity contribution in [3.63, 3.8) is 0 Å². The summed E-state index contributed by atoms with van der Waals surface area (Å²) in [5.41, 5.74) is 3.76. The summed E-state index contributed by atoms with van der Waals surface area (Å²) in [4.78, 5) is 14.1. The largest absolute Gasteiger partial charge is 0.359 e. The molecule has 0 radical (unpaired) electrons. The van der Waals surface area contributed by atoms with Crippen LogP contribution in [0.15, 0.2) is 36.5 Å². The van der Waals surface area contributed by atoms with Gasteiger partial charge in [-0.1, -0.05) is 29.8 Å². The van der Waals surface area contributed by atoms with E-state index in [1.165, 1.54) is 16.8 Å². The molecule has 0 saturated carbocycles. The van der Waals surface area contributed by atoms with Crippen molar-refractivity contribution in [2.45, 2.75) is 32.5 Å². The molecule has 0 aliphatic carbocycles. The molecule has 2 heterocycles. The first kappa shape index (κ1) is 14.8. The second kappa shape index (κ2) is 6.32. The van der Waals surface area contributed by atoms with Gasteiger partial charge in [-0.25, -0.2) is 0 Å². The number of fused-ring (bicyclic) bond motifs is 1. The normalized spacial score (nSPS) is 18.0. The number of nitrogens with one attached hydrogen (secondary N) is 1. The first-order valence-corrected chi connectivity index (χ1v) is 7.66. The fourth-order valence-electron chi connectivity index (χ4n) is 3.12. The lowest BCUT2D eigenvalue weighted by Gasteiger charge is -2.33. The highest BCUT2D eigenvalue weighted by molar-refractivity contribution is 5.76. The Morgan fingerprint density at radius 2 is 2.27 bits per heavy atom. The first-order valence-electron chi connectivity index (χ1n) is 7.66. The van der Waals surface area contributed by atoms with Crippen LogP contribution < -0.4 is 5.32 Å². The lowest BCUT2D eigenvalue weighted by Crippen LogP contribution is -2.39. The van der Waals surface area contributed by atoms with Gasteiger partial charge in [0.05, 0.1) is 18.2 Å². The minimum Gasteiger partial charge on any atom is -0.359 e. The Bertz CT molecular complexity index is 664. The van der Waals surface area contributed by atoms with E-state index in [9.17, 15) is 4.79 Å². The molecular weight excluding hydrogens is 276 g/mol. The summed E-state index contributed by atoms with van der Waals surface area (Å²) in [6, 6.07) is 10.7. The quantitative estimate of drug-likeness (QED) is 0.937. The van der Waals surface area contributed by atoms with Crippen LogP contribution in [0.5, 0.6) is 0 Å². The zero-order valence-electron chi connectivity index (χ0n) is 13.1. The van der Waals surface area contributed by atoms with Crippen molar-refractivity contribution in [1.29, 1.82) is 0 Å². The molecule has 1 amide bonds. The molecule has 0 bridgehead atoms. The van der Waals surface area contributed by atoms with Crippen molar-refractivity contribution in [1.82, 2.24) is 20.0 Å². The van der Waals surface area contributed by atoms with Gasteiger partial charge in [-0.15, -0.1) is 0 Å². The van der Waals surface area contributed by atoms with Gasteiger partial charge in [-0.05, 0) is 18.6 Å². The van der Waals surface area contributed by atoms with Crippen LogP contribution in [0.1, 0.15) is 29.3 Å². The first-order chi connectivity index (χ1) is 10.7. The van der Waals surface area contributed by atoms with E-state index in [1.807, 2.05) is 16.9 Å². The molecule has 5 nitrogen and oxygen atoms in total. The maximum atomic E-state index is 11.8. The van der Waals surface area contributed by atoms with E-state index in [2.05, 4.69) is 46.5 Å². The summed E-state index contributed by atoms with van der Waals surface area (Å²) in [7, 11) is 1.68. The Hall–Kier alpha value is -2.14. The van der Waals surface area contributed by atoms with E-state index in [0.29, 0.717) is 6.42 Å². The molecule has 0 saturated heterocycles. The minimum atomic E-state index is 0.0591. The van der Waals surface area contributed by atoms with E-state index in [-0.39, 0.29) is 11.9 Å². The molecule has 22 heavy (non-hydrogen) atoms. The molecule has 1 aromatic heterocycles. The van der Waals surface area contributed by atoms with Crippen LogP contribution in [0, 0.1) is 6.92 Å². The Kier molecular flexibility index (Phi) is 4.24. The number of benzene rings is 1. The SMILES string of the molecule is CNC(=O)C[C@H]1CN(Cc2cccc(C)c2)Cc2ccnn21. The molecular formula is C17H22N4O. The number of hydrogen-bond acceptors (Lipinski definition) is 3. The number of aryl methyl sites for hydroxylation is 1. The molecule has 0 spiro atoms. The highest BCUT2D eigenvalue weighted by atomic mass is 16.1. The van der Waals surface area contributed by atoms with E-state index in [0.717, 1.165) is 19.6 Å². The van der Waals surface area contributed by atoms with Gasteiger partial charge in [0.1, 0.15) is 0 Å². The van der Waals surface area contributed by atoms with Gasteiger partial charge in [0.25, 0.3) is 0 Å². The van der Waals surface area contributed by atoms with Crippen LogP contribution in [0.4, 0.5) is 0 Å². The number of carbonyl (C=O) groups is 1. The Balaban J connectivity index is 1.76. The second-order valence-electron chi connectivity index (χ2n) is 5.96. The summed E-state index contributed by atoms with van der Waals surface area (Å²) in [6.07, 6.45) is 2.29. The van der Waals surface area contributed by atoms with Crippen LogP contribution in [0.3, 0.4) is 0 Å². The third kappa shape index (κ3) is 3.20. The minimum absolute atomic E-state index is 0.0591. The highest BCUT2D eigenvalue weighted by Gasteiger charge is 2.27. The fourth-order valence-corrected chi connectivity index (χ4v) is 3.12. The van der Waals surface area contributed by atoms with Crippen LogP contribution in [0.25, 0.3) is 0 Å². The van der Waals surface area contributed by atoms with Gasteiger partial charge in [0, 0.05) is 32.9 Å². The standard InChI is InChI=1S/C17H22N4O/c1-13-4-3-5-14(8-13)10-20-11-15-6-7-19-21(15)16(12-20)9-17(22)18-2/h3-8,16H,9-12H2,1-2H3,(H,18,22)/t16-/m0/s1. The summed E-state index contributed by atoms with van der Waals surface area (Å²) >= 11 is 0. The lowest BCUT2D eigenvalue weighted by molar-refractivity contribution is -0.121. The number of aromatic nitrogens is 2. The molecule has 0 fully saturated rings. The van der Waals surface area contributed by atoms with Crippen LogP contribution in [-0.2, 0) is 17.9 Å². The lowest BCUT2D eigenvalue weighted by atomic mass is 10.1. The van der Waals surface area contributed by atoms with E-state index >= 15 is 0 Å². The Labute approximate surface area is 130 Å². The van der Waals surface area contributed by atoms with Gasteiger partial charge in [0.2, 0.25) is 5.91 Å². The summed E-state index contributed by atoms with van der Waals surface area (Å²) in [6.45, 7) is 4.73. The number of carbonyl (C=O) groups excluding carboxylic acids is 1. The number of rotatable bonds is 4. The van der Waals surface area contributed by atoms with Gasteiger partial charge in [-0.2, -0.15) is 5.10 Å². The summed E-state index contributed by atoms with van der Waals surface area (Å²) in [5.74, 6) is 0.0591. The smallest absolute Gasteiger partial charge is 0.221 e. The van der Waals surface area contributed by atoms with E-state index in [4.69, 9.17) is 0 Å². The van der Waals surface area contributed by atoms with Gasteiger partial charge >= 0.3 is 0 Å². The van der Waals surface area contributed by atoms with Crippen molar-refractivity contribution in [3.8, 4) is 0 Å². The van der Waals surface area contributed by atoms with Gasteiger partial charge in [-0.3, -0.25) is 14.4 Å². The molecule has 116 valence electrons.